The van der Waals surface area contributed by atoms with Crippen molar-refractivity contribution in [3.8, 4) is 0 Å². The van der Waals surface area contributed by atoms with Gasteiger partial charge in [0.15, 0.2) is 0 Å². The first kappa shape index (κ1) is 11.0. The molecule has 2 N–H and O–H groups in total. The van der Waals surface area contributed by atoms with Gasteiger partial charge >= 0.3 is 0 Å². The van der Waals surface area contributed by atoms with Crippen molar-refractivity contribution in [1.29, 1.82) is 0 Å². The molecular weight excluding hydrogens is 162 g/mol. The van der Waals surface area contributed by atoms with Crippen LogP contribution in [-0.4, -0.2) is 50.7 Å². The molecule has 0 spiro atoms. The fraction of sp³-hybridized carbons (Fsp3) is 1.00. The lowest BCUT2D eigenvalue weighted by molar-refractivity contribution is 0.214. The molecule has 0 amide bonds. The minimum atomic E-state index is 0.683. The highest BCUT2D eigenvalue weighted by Crippen LogP contribution is 2.00. The molecule has 13 heavy (non-hydrogen) atoms. The standard InChI is InChI=1S/C10H23N3/c1-3-4-10(11-2)9-13-7-5-12-6-8-13/h10-12H,3-9H2,1-2H3. The Morgan fingerprint density at radius 3 is 2.62 bits per heavy atom. The van der Waals surface area contributed by atoms with E-state index >= 15 is 0 Å². The Balaban J connectivity index is 2.18. The smallest absolute Gasteiger partial charge is 0.0191 e. The van der Waals surface area contributed by atoms with Crippen molar-refractivity contribution >= 4 is 0 Å². The van der Waals surface area contributed by atoms with Crippen molar-refractivity contribution in [1.82, 2.24) is 15.5 Å². The van der Waals surface area contributed by atoms with Gasteiger partial charge in [0.2, 0.25) is 0 Å². The average Bonchev–Trinajstić information content (AvgIpc) is 2.19. The van der Waals surface area contributed by atoms with Gasteiger partial charge in [0.25, 0.3) is 0 Å². The molecule has 1 atom stereocenters. The highest BCUT2D eigenvalue weighted by Gasteiger charge is 2.13. The number of hydrogen-bond donors (Lipinski definition) is 2. The van der Waals surface area contributed by atoms with E-state index < -0.39 is 0 Å². The van der Waals surface area contributed by atoms with Crippen LogP contribution in [0.5, 0.6) is 0 Å². The molecule has 1 aliphatic heterocycles. The maximum absolute atomic E-state index is 3.39. The van der Waals surface area contributed by atoms with Crippen LogP contribution in [0.15, 0.2) is 0 Å². The third kappa shape index (κ3) is 4.07. The van der Waals surface area contributed by atoms with Crippen LogP contribution in [-0.2, 0) is 0 Å². The van der Waals surface area contributed by atoms with Gasteiger partial charge in [0.05, 0.1) is 0 Å². The molecule has 0 bridgehead atoms. The number of nitrogens with one attached hydrogen (secondary N) is 2. The quantitative estimate of drug-likeness (QED) is 0.644. The summed E-state index contributed by atoms with van der Waals surface area (Å²) < 4.78 is 0. The van der Waals surface area contributed by atoms with Crippen molar-refractivity contribution in [2.75, 3.05) is 39.8 Å². The summed E-state index contributed by atoms with van der Waals surface area (Å²) in [5, 5.41) is 6.76. The van der Waals surface area contributed by atoms with E-state index in [-0.39, 0.29) is 0 Å². The summed E-state index contributed by atoms with van der Waals surface area (Å²) in [4.78, 5) is 2.55. The van der Waals surface area contributed by atoms with E-state index in [1.807, 2.05) is 0 Å². The molecule has 0 radical (unpaired) electrons. The Morgan fingerprint density at radius 2 is 2.08 bits per heavy atom. The third-order valence-corrected chi connectivity index (χ3v) is 2.73. The van der Waals surface area contributed by atoms with E-state index in [2.05, 4.69) is 29.5 Å². The average molecular weight is 185 g/mol. The topological polar surface area (TPSA) is 27.3 Å². The zero-order chi connectivity index (χ0) is 9.52. The first-order valence-corrected chi connectivity index (χ1v) is 5.47. The maximum Gasteiger partial charge on any atom is 0.0191 e. The van der Waals surface area contributed by atoms with Crippen molar-refractivity contribution in [3.63, 3.8) is 0 Å². The van der Waals surface area contributed by atoms with Gasteiger partial charge < -0.3 is 10.6 Å². The van der Waals surface area contributed by atoms with E-state index in [0.717, 1.165) is 13.1 Å². The lowest BCUT2D eigenvalue weighted by Crippen LogP contribution is -2.48. The molecule has 1 unspecified atom stereocenters. The molecule has 1 heterocycles. The van der Waals surface area contributed by atoms with Gasteiger partial charge in [0.1, 0.15) is 0 Å². The first-order chi connectivity index (χ1) is 6.36. The molecule has 1 aliphatic rings. The van der Waals surface area contributed by atoms with E-state index in [4.69, 9.17) is 0 Å². The van der Waals surface area contributed by atoms with Gasteiger partial charge in [-0.3, -0.25) is 4.90 Å². The van der Waals surface area contributed by atoms with E-state index in [9.17, 15) is 0 Å². The van der Waals surface area contributed by atoms with E-state index in [0.29, 0.717) is 6.04 Å². The van der Waals surface area contributed by atoms with Crippen LogP contribution >= 0.6 is 0 Å². The first-order valence-electron chi connectivity index (χ1n) is 5.47. The SMILES string of the molecule is CCCC(CN1CCNCC1)NC. The van der Waals surface area contributed by atoms with Crippen LogP contribution in [0, 0.1) is 0 Å². The van der Waals surface area contributed by atoms with Crippen LogP contribution < -0.4 is 10.6 Å². The molecule has 1 saturated heterocycles. The van der Waals surface area contributed by atoms with Gasteiger partial charge in [-0.2, -0.15) is 0 Å². The van der Waals surface area contributed by atoms with Gasteiger partial charge in [-0.25, -0.2) is 0 Å². The van der Waals surface area contributed by atoms with Gasteiger partial charge in [-0.15, -0.1) is 0 Å². The van der Waals surface area contributed by atoms with Crippen LogP contribution in [0.4, 0.5) is 0 Å². The minimum absolute atomic E-state index is 0.683. The summed E-state index contributed by atoms with van der Waals surface area (Å²) >= 11 is 0. The predicted molar refractivity (Wildman–Crippen MR) is 57.1 cm³/mol. The van der Waals surface area contributed by atoms with Crippen molar-refractivity contribution in [3.05, 3.63) is 0 Å². The molecule has 0 aromatic carbocycles. The molecule has 3 nitrogen and oxygen atoms in total. The minimum Gasteiger partial charge on any atom is -0.316 e. The lowest BCUT2D eigenvalue weighted by atomic mass is 10.1. The normalized spacial score (nSPS) is 21.7. The zero-order valence-corrected chi connectivity index (χ0v) is 8.97. The number of hydrogen-bond acceptors (Lipinski definition) is 3. The zero-order valence-electron chi connectivity index (χ0n) is 8.97. The number of likely N-dealkylation sites (N-methyl/N-ethyl adjacent to an activating group) is 1. The van der Waals surface area contributed by atoms with Gasteiger partial charge in [0, 0.05) is 38.8 Å². The van der Waals surface area contributed by atoms with Crippen molar-refractivity contribution in [2.45, 2.75) is 25.8 Å². The fourth-order valence-corrected chi connectivity index (χ4v) is 1.88. The largest absolute Gasteiger partial charge is 0.316 e. The molecule has 1 fully saturated rings. The molecule has 0 aliphatic carbocycles. The van der Waals surface area contributed by atoms with Gasteiger partial charge in [-0.1, -0.05) is 13.3 Å². The Kier molecular flexibility index (Phi) is 5.35. The lowest BCUT2D eigenvalue weighted by Gasteiger charge is -2.30. The molecular formula is C10H23N3. The summed E-state index contributed by atoms with van der Waals surface area (Å²) in [5.41, 5.74) is 0. The maximum atomic E-state index is 3.39. The number of piperazine rings is 1. The second-order valence-electron chi connectivity index (χ2n) is 3.82. The van der Waals surface area contributed by atoms with E-state index in [1.54, 1.807) is 0 Å². The second-order valence-corrected chi connectivity index (χ2v) is 3.82. The van der Waals surface area contributed by atoms with Crippen LogP contribution in [0.3, 0.4) is 0 Å². The third-order valence-electron chi connectivity index (χ3n) is 2.73. The Morgan fingerprint density at radius 1 is 1.38 bits per heavy atom. The van der Waals surface area contributed by atoms with Crippen molar-refractivity contribution in [2.24, 2.45) is 0 Å². The summed E-state index contributed by atoms with van der Waals surface area (Å²) in [6, 6.07) is 0.683. The summed E-state index contributed by atoms with van der Waals surface area (Å²) in [6.45, 7) is 8.20. The van der Waals surface area contributed by atoms with E-state index in [1.165, 1.54) is 32.5 Å². The predicted octanol–water partition coefficient (Wildman–Crippen LogP) is 0.280. The van der Waals surface area contributed by atoms with Gasteiger partial charge in [-0.05, 0) is 13.5 Å². The summed E-state index contributed by atoms with van der Waals surface area (Å²) in [5.74, 6) is 0. The molecule has 78 valence electrons. The molecule has 1 rings (SSSR count). The molecule has 0 saturated carbocycles. The Hall–Kier alpha value is -0.120. The molecule has 0 aromatic heterocycles. The second kappa shape index (κ2) is 6.35. The Bertz CT molecular complexity index is 119. The molecule has 3 heteroatoms. The van der Waals surface area contributed by atoms with Crippen LogP contribution in [0.2, 0.25) is 0 Å². The summed E-state index contributed by atoms with van der Waals surface area (Å²) in [6.07, 6.45) is 2.57. The number of rotatable bonds is 5. The highest BCUT2D eigenvalue weighted by atomic mass is 15.2. The fourth-order valence-electron chi connectivity index (χ4n) is 1.88. The van der Waals surface area contributed by atoms with Crippen LogP contribution in [0.1, 0.15) is 19.8 Å². The number of nitrogens with zero attached hydrogens (tertiary/aromatic N) is 1. The Labute approximate surface area is 81.9 Å². The molecule has 0 aromatic rings. The van der Waals surface area contributed by atoms with Crippen LogP contribution in [0.25, 0.3) is 0 Å². The van der Waals surface area contributed by atoms with Crippen molar-refractivity contribution < 1.29 is 0 Å². The highest BCUT2D eigenvalue weighted by molar-refractivity contribution is 4.74. The summed E-state index contributed by atoms with van der Waals surface area (Å²) in [7, 11) is 2.07. The monoisotopic (exact) mass is 185 g/mol.